The predicted octanol–water partition coefficient (Wildman–Crippen LogP) is 0.142. The molecule has 0 atom stereocenters. The topological polar surface area (TPSA) is 122 Å². The minimum absolute atomic E-state index is 0.0985. The zero-order valence-corrected chi connectivity index (χ0v) is 17.7. The van der Waals surface area contributed by atoms with Crippen molar-refractivity contribution in [1.82, 2.24) is 9.88 Å². The summed E-state index contributed by atoms with van der Waals surface area (Å²) in [5, 5.41) is 15.0. The number of nitrogens with zero attached hydrogens (tertiary/aromatic N) is 2. The summed E-state index contributed by atoms with van der Waals surface area (Å²) in [4.78, 5) is 36.0. The van der Waals surface area contributed by atoms with Crippen LogP contribution in [0.2, 0.25) is 0 Å². The van der Waals surface area contributed by atoms with E-state index in [2.05, 4.69) is 15.4 Å². The fourth-order valence-corrected chi connectivity index (χ4v) is 3.55. The average Bonchev–Trinajstić information content (AvgIpc) is 3.06. The van der Waals surface area contributed by atoms with Crippen molar-refractivity contribution in [2.75, 3.05) is 25.6 Å². The first-order valence-electron chi connectivity index (χ1n) is 9.13. The van der Waals surface area contributed by atoms with E-state index in [1.807, 2.05) is 6.07 Å². The number of hydrogen-bond donors (Lipinski definition) is 2. The highest BCUT2D eigenvalue weighted by Gasteiger charge is 2.14. The van der Waals surface area contributed by atoms with Gasteiger partial charge in [-0.15, -0.1) is 11.3 Å². The van der Waals surface area contributed by atoms with Gasteiger partial charge in [0.15, 0.2) is 12.2 Å². The molecule has 0 aliphatic carbocycles. The molecule has 2 aromatic rings. The lowest BCUT2D eigenvalue weighted by molar-refractivity contribution is -0.142. The molecule has 1 aromatic carbocycles. The van der Waals surface area contributed by atoms with Gasteiger partial charge in [-0.25, -0.2) is 4.79 Å². The van der Waals surface area contributed by atoms with Crippen molar-refractivity contribution in [3.05, 3.63) is 43.8 Å². The SMILES string of the molecule is CCNC(=O)/C(C#N)=c1\s/c(=C/Nc2cccc(OCC(=O)OC)c2)c(=O)n1CC. The summed E-state index contributed by atoms with van der Waals surface area (Å²) in [7, 11) is 1.28. The van der Waals surface area contributed by atoms with Crippen molar-refractivity contribution in [2.24, 2.45) is 0 Å². The lowest BCUT2D eigenvalue weighted by Crippen LogP contribution is -2.34. The number of ether oxygens (including phenoxy) is 2. The standard InChI is InChI=1S/C20H22N4O5S/c1-4-22-18(26)15(10-21)20-24(5-2)19(27)16(30-20)11-23-13-7-6-8-14(9-13)29-12-17(25)28-3/h6-9,11,23H,4-5,12H2,1-3H3,(H,22,26)/b16-11+,20-15-. The maximum absolute atomic E-state index is 12.7. The third kappa shape index (κ3) is 5.48. The van der Waals surface area contributed by atoms with Gasteiger partial charge >= 0.3 is 5.97 Å². The van der Waals surface area contributed by atoms with Crippen molar-refractivity contribution in [1.29, 1.82) is 5.26 Å². The van der Waals surface area contributed by atoms with E-state index in [0.717, 1.165) is 11.3 Å². The molecule has 2 rings (SSSR count). The van der Waals surface area contributed by atoms with Crippen LogP contribution in [0.15, 0.2) is 29.1 Å². The van der Waals surface area contributed by atoms with E-state index in [4.69, 9.17) is 4.74 Å². The van der Waals surface area contributed by atoms with Gasteiger partial charge < -0.3 is 20.1 Å². The minimum Gasteiger partial charge on any atom is -0.482 e. The van der Waals surface area contributed by atoms with Gasteiger partial charge in [0.2, 0.25) is 0 Å². The largest absolute Gasteiger partial charge is 0.482 e. The number of nitrogens with one attached hydrogen (secondary N) is 2. The molecule has 0 fully saturated rings. The molecule has 1 heterocycles. The van der Waals surface area contributed by atoms with Gasteiger partial charge in [0.25, 0.3) is 11.5 Å². The number of carbonyl (C=O) groups is 2. The second kappa shape index (κ2) is 10.8. The van der Waals surface area contributed by atoms with Gasteiger partial charge in [-0.3, -0.25) is 14.2 Å². The van der Waals surface area contributed by atoms with E-state index >= 15 is 0 Å². The fraction of sp³-hybridized carbons (Fsp3) is 0.300. The van der Waals surface area contributed by atoms with Gasteiger partial charge in [0.05, 0.1) is 7.11 Å². The highest BCUT2D eigenvalue weighted by atomic mass is 32.1. The van der Waals surface area contributed by atoms with Crippen LogP contribution in [-0.4, -0.2) is 36.7 Å². The Kier molecular flexibility index (Phi) is 8.19. The third-order valence-electron chi connectivity index (χ3n) is 3.90. The first kappa shape index (κ1) is 22.7. The molecule has 1 amide bonds. The molecule has 2 N–H and O–H groups in total. The third-order valence-corrected chi connectivity index (χ3v) is 5.03. The van der Waals surface area contributed by atoms with E-state index in [9.17, 15) is 19.6 Å². The maximum Gasteiger partial charge on any atom is 0.343 e. The van der Waals surface area contributed by atoms with Gasteiger partial charge in [0.1, 0.15) is 21.0 Å². The molecule has 10 heteroatoms. The molecule has 0 spiro atoms. The number of thiazole rings is 1. The molecule has 0 saturated heterocycles. The van der Waals surface area contributed by atoms with Crippen LogP contribution in [-0.2, 0) is 20.9 Å². The number of benzene rings is 1. The number of amides is 1. The minimum atomic E-state index is -0.515. The number of esters is 1. The van der Waals surface area contributed by atoms with Crippen molar-refractivity contribution in [3.63, 3.8) is 0 Å². The Bertz CT molecular complexity index is 1140. The number of methoxy groups -OCH3 is 1. The van der Waals surface area contributed by atoms with Crippen LogP contribution in [0, 0.1) is 11.3 Å². The Hall–Kier alpha value is -3.58. The molecule has 1 aromatic heterocycles. The summed E-state index contributed by atoms with van der Waals surface area (Å²) in [5.41, 5.74) is 0.224. The second-order valence-corrected chi connectivity index (χ2v) is 6.88. The first-order valence-corrected chi connectivity index (χ1v) is 9.95. The summed E-state index contributed by atoms with van der Waals surface area (Å²) in [6.45, 7) is 4.00. The van der Waals surface area contributed by atoms with Crippen LogP contribution in [0.5, 0.6) is 5.75 Å². The van der Waals surface area contributed by atoms with E-state index in [0.29, 0.717) is 33.7 Å². The highest BCUT2D eigenvalue weighted by Crippen LogP contribution is 2.17. The van der Waals surface area contributed by atoms with E-state index in [1.165, 1.54) is 17.9 Å². The molecule has 0 radical (unpaired) electrons. The van der Waals surface area contributed by atoms with Crippen LogP contribution < -0.4 is 30.1 Å². The molecular weight excluding hydrogens is 408 g/mol. The van der Waals surface area contributed by atoms with Crippen LogP contribution in [0.3, 0.4) is 0 Å². The van der Waals surface area contributed by atoms with Crippen molar-refractivity contribution < 1.29 is 19.1 Å². The highest BCUT2D eigenvalue weighted by molar-refractivity contribution is 7.07. The van der Waals surface area contributed by atoms with Crippen LogP contribution in [0.1, 0.15) is 13.8 Å². The van der Waals surface area contributed by atoms with Crippen LogP contribution >= 0.6 is 11.3 Å². The number of aromatic nitrogens is 1. The van der Waals surface area contributed by atoms with Gasteiger partial charge in [-0.1, -0.05) is 6.07 Å². The monoisotopic (exact) mass is 430 g/mol. The molecule has 158 valence electrons. The van der Waals surface area contributed by atoms with Crippen LogP contribution in [0.25, 0.3) is 11.8 Å². The lowest BCUT2D eigenvalue weighted by Gasteiger charge is -2.06. The number of rotatable bonds is 8. The molecule has 0 aliphatic rings. The molecule has 9 nitrogen and oxygen atoms in total. The molecule has 0 unspecified atom stereocenters. The molecule has 0 aliphatic heterocycles. The van der Waals surface area contributed by atoms with Gasteiger partial charge in [-0.2, -0.15) is 5.26 Å². The molecule has 0 bridgehead atoms. The average molecular weight is 430 g/mol. The van der Waals surface area contributed by atoms with Crippen molar-refractivity contribution >= 4 is 40.7 Å². The summed E-state index contributed by atoms with van der Waals surface area (Å²) in [6.07, 6.45) is 1.51. The Morgan fingerprint density at radius 2 is 2.10 bits per heavy atom. The summed E-state index contributed by atoms with van der Waals surface area (Å²) in [5.74, 6) is -0.561. The normalized spacial score (nSPS) is 12.0. The quantitative estimate of drug-likeness (QED) is 0.571. The predicted molar refractivity (Wildman–Crippen MR) is 113 cm³/mol. The lowest BCUT2D eigenvalue weighted by atomic mass is 10.3. The number of anilines is 1. The van der Waals surface area contributed by atoms with E-state index < -0.39 is 11.9 Å². The summed E-state index contributed by atoms with van der Waals surface area (Å²) >= 11 is 1.06. The Morgan fingerprint density at radius 3 is 2.73 bits per heavy atom. The Labute approximate surface area is 176 Å². The molecule has 0 saturated carbocycles. The molecule has 30 heavy (non-hydrogen) atoms. The first-order chi connectivity index (χ1) is 14.4. The van der Waals surface area contributed by atoms with E-state index in [1.54, 1.807) is 38.1 Å². The zero-order chi connectivity index (χ0) is 22.1. The molecular formula is C20H22N4O5S. The summed E-state index contributed by atoms with van der Waals surface area (Å²) < 4.78 is 11.9. The summed E-state index contributed by atoms with van der Waals surface area (Å²) in [6, 6.07) is 8.72. The van der Waals surface area contributed by atoms with Crippen LogP contribution in [0.4, 0.5) is 5.69 Å². The smallest absolute Gasteiger partial charge is 0.343 e. The van der Waals surface area contributed by atoms with Gasteiger partial charge in [0, 0.05) is 31.0 Å². The number of nitriles is 1. The van der Waals surface area contributed by atoms with Crippen molar-refractivity contribution in [2.45, 2.75) is 20.4 Å². The van der Waals surface area contributed by atoms with E-state index in [-0.39, 0.29) is 17.7 Å². The zero-order valence-electron chi connectivity index (χ0n) is 16.9. The Morgan fingerprint density at radius 1 is 1.33 bits per heavy atom. The van der Waals surface area contributed by atoms with Gasteiger partial charge in [-0.05, 0) is 26.0 Å². The van der Waals surface area contributed by atoms with Crippen molar-refractivity contribution in [3.8, 4) is 11.8 Å². The maximum atomic E-state index is 12.7. The Balaban J connectivity index is 2.39. The second-order valence-electron chi connectivity index (χ2n) is 5.85. The number of carbonyl (C=O) groups excluding carboxylic acids is 2. The fourth-order valence-electron chi connectivity index (χ4n) is 2.46. The number of hydrogen-bond acceptors (Lipinski definition) is 8.